The fourth-order valence-corrected chi connectivity index (χ4v) is 3.58. The van der Waals surface area contributed by atoms with E-state index < -0.39 is 5.54 Å². The lowest BCUT2D eigenvalue weighted by Gasteiger charge is -2.29. The fraction of sp³-hybridized carbons (Fsp3) is 0.588. The van der Waals surface area contributed by atoms with E-state index in [9.17, 15) is 4.79 Å². The Balaban J connectivity index is 1.58. The molecule has 1 saturated carbocycles. The van der Waals surface area contributed by atoms with Gasteiger partial charge in [-0.1, -0.05) is 31.0 Å². The van der Waals surface area contributed by atoms with Crippen molar-refractivity contribution >= 4 is 11.6 Å². The summed E-state index contributed by atoms with van der Waals surface area (Å²) in [6, 6.07) is 8.82. The minimum atomic E-state index is -0.622. The molecule has 21 heavy (non-hydrogen) atoms. The van der Waals surface area contributed by atoms with E-state index in [0.29, 0.717) is 12.6 Å². The number of nitrogens with zero attached hydrogens (tertiary/aromatic N) is 1. The van der Waals surface area contributed by atoms with E-state index in [4.69, 9.17) is 5.73 Å². The number of nitrogens with two attached hydrogens (primary N) is 1. The molecule has 0 aromatic heterocycles. The summed E-state index contributed by atoms with van der Waals surface area (Å²) in [5, 5.41) is 3.07. The Hall–Kier alpha value is -1.55. The van der Waals surface area contributed by atoms with E-state index in [1.807, 2.05) is 0 Å². The van der Waals surface area contributed by atoms with Crippen molar-refractivity contribution in [1.29, 1.82) is 0 Å². The molecule has 3 rings (SSSR count). The number of carbonyl (C=O) groups is 1. The molecular weight excluding hydrogens is 262 g/mol. The molecule has 1 aromatic carbocycles. The zero-order valence-electron chi connectivity index (χ0n) is 12.8. The first-order valence-electron chi connectivity index (χ1n) is 8.02. The monoisotopic (exact) mass is 287 g/mol. The van der Waals surface area contributed by atoms with E-state index in [1.54, 1.807) is 0 Å². The fourth-order valence-electron chi connectivity index (χ4n) is 3.58. The Morgan fingerprint density at radius 3 is 2.86 bits per heavy atom. The van der Waals surface area contributed by atoms with E-state index in [2.05, 4.69) is 41.4 Å². The average Bonchev–Trinajstić information content (AvgIpc) is 3.11. The number of para-hydroxylation sites is 1. The van der Waals surface area contributed by atoms with Crippen LogP contribution in [0.2, 0.25) is 0 Å². The van der Waals surface area contributed by atoms with Gasteiger partial charge in [0.2, 0.25) is 5.91 Å². The predicted octanol–water partition coefficient (Wildman–Crippen LogP) is 1.83. The third-order valence-corrected chi connectivity index (χ3v) is 4.96. The minimum absolute atomic E-state index is 0.0272. The van der Waals surface area contributed by atoms with Crippen LogP contribution in [-0.2, 0) is 11.2 Å². The van der Waals surface area contributed by atoms with Crippen molar-refractivity contribution < 1.29 is 4.79 Å². The van der Waals surface area contributed by atoms with Crippen LogP contribution in [0.4, 0.5) is 5.69 Å². The Kier molecular flexibility index (Phi) is 3.89. The first-order valence-corrected chi connectivity index (χ1v) is 8.02. The van der Waals surface area contributed by atoms with Gasteiger partial charge in [-0.25, -0.2) is 0 Å². The van der Waals surface area contributed by atoms with Crippen LogP contribution in [0, 0.1) is 0 Å². The Bertz CT molecular complexity index is 523. The molecule has 1 aromatic rings. The van der Waals surface area contributed by atoms with Gasteiger partial charge in [-0.2, -0.15) is 0 Å². The lowest BCUT2D eigenvalue weighted by atomic mass is 9.98. The summed E-state index contributed by atoms with van der Waals surface area (Å²) >= 11 is 0. The summed E-state index contributed by atoms with van der Waals surface area (Å²) in [5.41, 5.74) is 8.28. The lowest BCUT2D eigenvalue weighted by molar-refractivity contribution is -0.126. The van der Waals surface area contributed by atoms with Gasteiger partial charge in [-0.3, -0.25) is 4.79 Å². The van der Waals surface area contributed by atoms with Gasteiger partial charge < -0.3 is 16.0 Å². The number of hydrogen-bond donors (Lipinski definition) is 2. The van der Waals surface area contributed by atoms with E-state index in [0.717, 1.165) is 38.6 Å². The summed E-state index contributed by atoms with van der Waals surface area (Å²) in [7, 11) is 0. The van der Waals surface area contributed by atoms with Gasteiger partial charge >= 0.3 is 0 Å². The van der Waals surface area contributed by atoms with Gasteiger partial charge in [0.15, 0.2) is 0 Å². The molecule has 0 spiro atoms. The van der Waals surface area contributed by atoms with Crippen molar-refractivity contribution in [1.82, 2.24) is 5.32 Å². The summed E-state index contributed by atoms with van der Waals surface area (Å²) < 4.78 is 0. The maximum atomic E-state index is 12.3. The number of nitrogens with one attached hydrogen (secondary N) is 1. The SMILES string of the molecule is CC(CNC(=O)C1(N)CCCC1)N1CCc2ccccc21. The van der Waals surface area contributed by atoms with Gasteiger partial charge in [0.25, 0.3) is 0 Å². The second-order valence-electron chi connectivity index (χ2n) is 6.49. The highest BCUT2D eigenvalue weighted by molar-refractivity contribution is 5.86. The smallest absolute Gasteiger partial charge is 0.240 e. The van der Waals surface area contributed by atoms with Gasteiger partial charge in [0.1, 0.15) is 0 Å². The molecule has 0 bridgehead atoms. The zero-order valence-corrected chi connectivity index (χ0v) is 12.8. The number of anilines is 1. The number of amides is 1. The molecule has 1 heterocycles. The van der Waals surface area contributed by atoms with Crippen LogP contribution in [0.1, 0.15) is 38.2 Å². The molecule has 0 saturated heterocycles. The van der Waals surface area contributed by atoms with Crippen LogP contribution >= 0.6 is 0 Å². The lowest BCUT2D eigenvalue weighted by Crippen LogP contribution is -2.54. The van der Waals surface area contributed by atoms with Crippen LogP contribution in [0.15, 0.2) is 24.3 Å². The van der Waals surface area contributed by atoms with Crippen molar-refractivity contribution in [3.8, 4) is 0 Å². The summed E-state index contributed by atoms with van der Waals surface area (Å²) in [6.07, 6.45) is 4.87. The van der Waals surface area contributed by atoms with Gasteiger partial charge in [0, 0.05) is 24.8 Å². The number of rotatable bonds is 4. The molecule has 2 aliphatic rings. The molecule has 1 unspecified atom stereocenters. The molecule has 1 aliphatic carbocycles. The second kappa shape index (κ2) is 5.68. The number of carbonyl (C=O) groups excluding carboxylic acids is 1. The van der Waals surface area contributed by atoms with Gasteiger partial charge in [0.05, 0.1) is 5.54 Å². The van der Waals surface area contributed by atoms with Crippen LogP contribution in [-0.4, -0.2) is 30.6 Å². The molecule has 1 amide bonds. The number of benzene rings is 1. The third kappa shape index (κ3) is 2.77. The largest absolute Gasteiger partial charge is 0.366 e. The van der Waals surface area contributed by atoms with E-state index in [-0.39, 0.29) is 5.91 Å². The molecular formula is C17H25N3O. The molecule has 3 N–H and O–H groups in total. The summed E-state index contributed by atoms with van der Waals surface area (Å²) in [5.74, 6) is 0.0272. The average molecular weight is 287 g/mol. The first-order chi connectivity index (χ1) is 10.1. The van der Waals surface area contributed by atoms with Crippen LogP contribution in [0.25, 0.3) is 0 Å². The third-order valence-electron chi connectivity index (χ3n) is 4.96. The first kappa shape index (κ1) is 14.4. The molecule has 1 atom stereocenters. The highest BCUT2D eigenvalue weighted by atomic mass is 16.2. The highest BCUT2D eigenvalue weighted by Crippen LogP contribution is 2.29. The van der Waals surface area contributed by atoms with Crippen molar-refractivity contribution in [2.75, 3.05) is 18.0 Å². The molecule has 4 heteroatoms. The normalized spacial score (nSPS) is 21.1. The van der Waals surface area contributed by atoms with Crippen molar-refractivity contribution in [3.63, 3.8) is 0 Å². The molecule has 1 fully saturated rings. The van der Waals surface area contributed by atoms with Crippen molar-refractivity contribution in [3.05, 3.63) is 29.8 Å². The van der Waals surface area contributed by atoms with Crippen LogP contribution in [0.3, 0.4) is 0 Å². The Morgan fingerprint density at radius 2 is 2.10 bits per heavy atom. The van der Waals surface area contributed by atoms with Gasteiger partial charge in [-0.15, -0.1) is 0 Å². The van der Waals surface area contributed by atoms with E-state index in [1.165, 1.54) is 11.3 Å². The molecule has 0 radical (unpaired) electrons. The molecule has 4 nitrogen and oxygen atoms in total. The topological polar surface area (TPSA) is 58.4 Å². The zero-order chi connectivity index (χ0) is 14.9. The predicted molar refractivity (Wildman–Crippen MR) is 85.4 cm³/mol. The maximum Gasteiger partial charge on any atom is 0.240 e. The quantitative estimate of drug-likeness (QED) is 0.888. The van der Waals surface area contributed by atoms with Gasteiger partial charge in [-0.05, 0) is 37.8 Å². The number of hydrogen-bond acceptors (Lipinski definition) is 3. The van der Waals surface area contributed by atoms with Crippen LogP contribution < -0.4 is 16.0 Å². The summed E-state index contributed by atoms with van der Waals surface area (Å²) in [6.45, 7) is 3.86. The maximum absolute atomic E-state index is 12.3. The second-order valence-corrected chi connectivity index (χ2v) is 6.49. The minimum Gasteiger partial charge on any atom is -0.366 e. The van der Waals surface area contributed by atoms with Crippen LogP contribution in [0.5, 0.6) is 0 Å². The Labute approximate surface area is 126 Å². The number of fused-ring (bicyclic) bond motifs is 1. The summed E-state index contributed by atoms with van der Waals surface area (Å²) in [4.78, 5) is 14.7. The Morgan fingerprint density at radius 1 is 1.38 bits per heavy atom. The van der Waals surface area contributed by atoms with Crippen molar-refractivity contribution in [2.45, 2.75) is 50.6 Å². The molecule has 114 valence electrons. The highest BCUT2D eigenvalue weighted by Gasteiger charge is 2.37. The van der Waals surface area contributed by atoms with Crippen molar-refractivity contribution in [2.24, 2.45) is 5.73 Å². The molecule has 1 aliphatic heterocycles. The standard InChI is InChI=1S/C17H25N3O/c1-13(12-19-16(21)17(18)9-4-5-10-17)20-11-8-14-6-2-3-7-15(14)20/h2-3,6-7,13H,4-5,8-12,18H2,1H3,(H,19,21). The van der Waals surface area contributed by atoms with E-state index >= 15 is 0 Å².